The van der Waals surface area contributed by atoms with Gasteiger partial charge in [0.1, 0.15) is 0 Å². The Morgan fingerprint density at radius 3 is 2.72 bits per heavy atom. The maximum atomic E-state index is 13.4. The van der Waals surface area contributed by atoms with Gasteiger partial charge in [0, 0.05) is 70.4 Å². The molecule has 1 saturated carbocycles. The van der Waals surface area contributed by atoms with Crippen molar-refractivity contribution < 1.29 is 14.3 Å². The van der Waals surface area contributed by atoms with Gasteiger partial charge in [-0.25, -0.2) is 4.79 Å². The number of anilines is 1. The molecule has 0 bridgehead atoms. The monoisotopic (exact) mass is 537 g/mol. The van der Waals surface area contributed by atoms with Crippen LogP contribution < -0.4 is 16.0 Å². The summed E-state index contributed by atoms with van der Waals surface area (Å²) in [5.74, 6) is 0.385. The van der Waals surface area contributed by atoms with Gasteiger partial charge < -0.3 is 25.6 Å². The molecule has 0 radical (unpaired) electrons. The van der Waals surface area contributed by atoms with Crippen molar-refractivity contribution in [1.82, 2.24) is 20.4 Å². The standard InChI is InChI=1S/C31H47N5O3/c1-22-18-29(13-10-26(22)21-36-16-15-33-23(2)20-36)35(4)30(37)25-8-11-27(12-9-25)34-28-7-5-6-24(19-28)14-17-39-31(38)32-3/h5-7,10,18-19,23,25,27,29,33-34H,8-9,11-17,20-21H2,1-4H3,(H,32,38)/t23-,25-,27-,29?/m0/s1. The molecule has 2 amide bonds. The van der Waals surface area contributed by atoms with Crippen molar-refractivity contribution in [2.75, 3.05) is 52.2 Å². The second-order valence-electron chi connectivity index (χ2n) is 11.5. The molecule has 4 rings (SSSR count). The van der Waals surface area contributed by atoms with Gasteiger partial charge in [-0.05, 0) is 74.8 Å². The van der Waals surface area contributed by atoms with Gasteiger partial charge in [0.15, 0.2) is 0 Å². The highest BCUT2D eigenvalue weighted by molar-refractivity contribution is 5.79. The maximum absolute atomic E-state index is 13.4. The predicted molar refractivity (Wildman–Crippen MR) is 157 cm³/mol. The van der Waals surface area contributed by atoms with Crippen molar-refractivity contribution in [2.24, 2.45) is 5.92 Å². The zero-order valence-corrected chi connectivity index (χ0v) is 24.2. The van der Waals surface area contributed by atoms with Gasteiger partial charge in [0.25, 0.3) is 0 Å². The van der Waals surface area contributed by atoms with Crippen LogP contribution in [-0.2, 0) is 16.0 Å². The second-order valence-corrected chi connectivity index (χ2v) is 11.5. The van der Waals surface area contributed by atoms with Crippen molar-refractivity contribution in [3.05, 3.63) is 53.1 Å². The quantitative estimate of drug-likeness (QED) is 0.442. The highest BCUT2D eigenvalue weighted by atomic mass is 16.5. The molecule has 8 heteroatoms. The zero-order valence-electron chi connectivity index (χ0n) is 24.2. The Balaban J connectivity index is 1.22. The topological polar surface area (TPSA) is 85.9 Å². The molecule has 2 aliphatic carbocycles. The molecule has 1 saturated heterocycles. The number of nitrogens with zero attached hydrogens (tertiary/aromatic N) is 2. The van der Waals surface area contributed by atoms with Crippen LogP contribution in [0.1, 0.15) is 51.5 Å². The van der Waals surface area contributed by atoms with Crippen molar-refractivity contribution >= 4 is 17.7 Å². The predicted octanol–water partition coefficient (Wildman–Crippen LogP) is 3.95. The van der Waals surface area contributed by atoms with E-state index >= 15 is 0 Å². The number of alkyl carbamates (subject to hydrolysis) is 1. The van der Waals surface area contributed by atoms with Gasteiger partial charge in [-0.15, -0.1) is 0 Å². The second kappa shape index (κ2) is 14.0. The Kier molecular flexibility index (Phi) is 10.5. The molecule has 1 unspecified atom stereocenters. The number of hydrogen-bond donors (Lipinski definition) is 3. The molecule has 8 nitrogen and oxygen atoms in total. The Bertz CT molecular complexity index is 1050. The lowest BCUT2D eigenvalue weighted by molar-refractivity contribution is -0.136. The van der Waals surface area contributed by atoms with Crippen LogP contribution in [-0.4, -0.2) is 86.8 Å². The van der Waals surface area contributed by atoms with Crippen LogP contribution in [0.4, 0.5) is 10.5 Å². The molecule has 1 aromatic carbocycles. The lowest BCUT2D eigenvalue weighted by Gasteiger charge is -2.36. The van der Waals surface area contributed by atoms with Crippen LogP contribution in [0.2, 0.25) is 0 Å². The first-order chi connectivity index (χ1) is 18.8. The summed E-state index contributed by atoms with van der Waals surface area (Å²) in [6, 6.07) is 9.35. The number of rotatable bonds is 9. The summed E-state index contributed by atoms with van der Waals surface area (Å²) in [6.07, 6.45) is 9.64. The van der Waals surface area contributed by atoms with Crippen LogP contribution >= 0.6 is 0 Å². The number of benzene rings is 1. The molecular formula is C31H47N5O3. The molecule has 0 spiro atoms. The van der Waals surface area contributed by atoms with E-state index in [-0.39, 0.29) is 17.9 Å². The minimum absolute atomic E-state index is 0.0997. The van der Waals surface area contributed by atoms with E-state index in [4.69, 9.17) is 4.74 Å². The fourth-order valence-electron chi connectivity index (χ4n) is 6.07. The molecule has 2 fully saturated rings. The van der Waals surface area contributed by atoms with Gasteiger partial charge in [-0.3, -0.25) is 9.69 Å². The van der Waals surface area contributed by atoms with E-state index in [2.05, 4.69) is 65.0 Å². The van der Waals surface area contributed by atoms with E-state index in [1.807, 2.05) is 18.0 Å². The van der Waals surface area contributed by atoms with Crippen molar-refractivity contribution in [1.29, 1.82) is 0 Å². The molecule has 39 heavy (non-hydrogen) atoms. The van der Waals surface area contributed by atoms with Crippen molar-refractivity contribution in [3.8, 4) is 0 Å². The number of nitrogens with one attached hydrogen (secondary N) is 3. The molecule has 2 atom stereocenters. The highest BCUT2D eigenvalue weighted by Crippen LogP contribution is 2.30. The number of carbonyl (C=O) groups is 2. The average molecular weight is 538 g/mol. The first kappa shape index (κ1) is 29.2. The Labute approximate surface area is 234 Å². The highest BCUT2D eigenvalue weighted by Gasteiger charge is 2.31. The maximum Gasteiger partial charge on any atom is 0.406 e. The van der Waals surface area contributed by atoms with E-state index in [0.717, 1.165) is 69.5 Å². The largest absolute Gasteiger partial charge is 0.449 e. The zero-order chi connectivity index (χ0) is 27.8. The van der Waals surface area contributed by atoms with Crippen molar-refractivity contribution in [3.63, 3.8) is 0 Å². The summed E-state index contributed by atoms with van der Waals surface area (Å²) in [5.41, 5.74) is 4.94. The molecule has 0 aromatic heterocycles. The third-order valence-electron chi connectivity index (χ3n) is 8.45. The minimum atomic E-state index is -0.405. The Morgan fingerprint density at radius 1 is 1.21 bits per heavy atom. The first-order valence-electron chi connectivity index (χ1n) is 14.6. The molecule has 3 N–H and O–H groups in total. The molecule has 1 aromatic rings. The molecule has 1 aliphatic heterocycles. The van der Waals surface area contributed by atoms with Crippen LogP contribution in [0.5, 0.6) is 0 Å². The van der Waals surface area contributed by atoms with Crippen molar-refractivity contribution in [2.45, 2.75) is 70.5 Å². The van der Waals surface area contributed by atoms with Gasteiger partial charge in [-0.1, -0.05) is 24.3 Å². The van der Waals surface area contributed by atoms with E-state index < -0.39 is 6.09 Å². The number of likely N-dealkylation sites (N-methyl/N-ethyl adjacent to an activating group) is 1. The van der Waals surface area contributed by atoms with E-state index in [9.17, 15) is 9.59 Å². The van der Waals surface area contributed by atoms with Gasteiger partial charge in [0.05, 0.1) is 12.6 Å². The molecule has 1 heterocycles. The number of hydrogen-bond acceptors (Lipinski definition) is 6. The first-order valence-corrected chi connectivity index (χ1v) is 14.6. The normalized spacial score (nSPS) is 25.7. The summed E-state index contributed by atoms with van der Waals surface area (Å²) in [6.45, 7) is 9.03. The third kappa shape index (κ3) is 8.32. The lowest BCUT2D eigenvalue weighted by Crippen LogP contribution is -2.49. The lowest BCUT2D eigenvalue weighted by atomic mass is 9.84. The smallest absolute Gasteiger partial charge is 0.406 e. The molecule has 3 aliphatic rings. The van der Waals surface area contributed by atoms with Crippen LogP contribution in [0.15, 0.2) is 47.6 Å². The van der Waals surface area contributed by atoms with Crippen LogP contribution in [0.25, 0.3) is 0 Å². The Morgan fingerprint density at radius 2 is 2.00 bits per heavy atom. The number of amides is 2. The summed E-state index contributed by atoms with van der Waals surface area (Å²) in [5, 5.41) is 9.64. The van der Waals surface area contributed by atoms with Crippen LogP contribution in [0.3, 0.4) is 0 Å². The summed E-state index contributed by atoms with van der Waals surface area (Å²) >= 11 is 0. The third-order valence-corrected chi connectivity index (χ3v) is 8.45. The van der Waals surface area contributed by atoms with Gasteiger partial charge in [-0.2, -0.15) is 0 Å². The minimum Gasteiger partial charge on any atom is -0.449 e. The SMILES string of the molecule is CNC(=O)OCCc1cccc(N[C@H]2CC[C@H](C(=O)N(C)C3C=C(C)C(CN4CCN[C@@H](C)C4)=CC3)CC2)c1. The molecule has 214 valence electrons. The fourth-order valence-corrected chi connectivity index (χ4v) is 6.07. The number of piperazine rings is 1. The fraction of sp³-hybridized carbons (Fsp3) is 0.613. The summed E-state index contributed by atoms with van der Waals surface area (Å²) in [7, 11) is 3.54. The average Bonchev–Trinajstić information content (AvgIpc) is 2.94. The number of carbonyl (C=O) groups excluding carboxylic acids is 2. The van der Waals surface area contributed by atoms with E-state index in [1.54, 1.807) is 7.05 Å². The van der Waals surface area contributed by atoms with Gasteiger partial charge >= 0.3 is 6.09 Å². The number of ether oxygens (including phenoxy) is 1. The summed E-state index contributed by atoms with van der Waals surface area (Å²) in [4.78, 5) is 29.2. The van der Waals surface area contributed by atoms with E-state index in [1.165, 1.54) is 11.1 Å². The Hall–Kier alpha value is -2.84. The van der Waals surface area contributed by atoms with E-state index in [0.29, 0.717) is 25.1 Å². The summed E-state index contributed by atoms with van der Waals surface area (Å²) < 4.78 is 5.11. The van der Waals surface area contributed by atoms with Crippen LogP contribution in [0, 0.1) is 5.92 Å². The molecular weight excluding hydrogens is 490 g/mol. The van der Waals surface area contributed by atoms with Gasteiger partial charge in [0.2, 0.25) is 5.91 Å².